The summed E-state index contributed by atoms with van der Waals surface area (Å²) in [7, 11) is 0. The van der Waals surface area contributed by atoms with Crippen molar-refractivity contribution in [1.82, 2.24) is 9.97 Å². The zero-order chi connectivity index (χ0) is 16.9. The van der Waals surface area contributed by atoms with Crippen LogP contribution in [-0.2, 0) is 11.2 Å². The van der Waals surface area contributed by atoms with E-state index in [1.807, 2.05) is 62.4 Å². The molecule has 1 heterocycles. The molecule has 0 fully saturated rings. The Balaban J connectivity index is 1.74. The number of carbonyl (C=O) groups excluding carboxylic acids is 1. The highest BCUT2D eigenvalue weighted by molar-refractivity contribution is 5.92. The second-order valence-corrected chi connectivity index (χ2v) is 5.52. The van der Waals surface area contributed by atoms with Crippen LogP contribution in [0.5, 0.6) is 5.88 Å². The van der Waals surface area contributed by atoms with Gasteiger partial charge in [0.25, 0.3) is 5.91 Å². The smallest absolute Gasteiger partial charge is 0.262 e. The largest absolute Gasteiger partial charge is 0.467 e. The Kier molecular flexibility index (Phi) is 4.70. The Morgan fingerprint density at radius 1 is 1.12 bits per heavy atom. The average molecular weight is 321 g/mol. The van der Waals surface area contributed by atoms with E-state index >= 15 is 0 Å². The second kappa shape index (κ2) is 7.08. The van der Waals surface area contributed by atoms with E-state index in [9.17, 15) is 4.79 Å². The fourth-order valence-electron chi connectivity index (χ4n) is 2.42. The maximum absolute atomic E-state index is 12.1. The van der Waals surface area contributed by atoms with Gasteiger partial charge in [-0.2, -0.15) is 4.98 Å². The van der Waals surface area contributed by atoms with Gasteiger partial charge in [0, 0.05) is 12.1 Å². The third kappa shape index (κ3) is 3.68. The summed E-state index contributed by atoms with van der Waals surface area (Å²) >= 11 is 0. The summed E-state index contributed by atoms with van der Waals surface area (Å²) in [5, 5.41) is 3.63. The minimum atomic E-state index is -0.221. The van der Waals surface area contributed by atoms with Crippen LogP contribution < -0.4 is 10.1 Å². The summed E-state index contributed by atoms with van der Waals surface area (Å²) < 4.78 is 5.66. The summed E-state index contributed by atoms with van der Waals surface area (Å²) in [6, 6.07) is 15.3. The number of hydrogen-bond acceptors (Lipinski definition) is 4. The second-order valence-electron chi connectivity index (χ2n) is 5.52. The van der Waals surface area contributed by atoms with E-state index in [-0.39, 0.29) is 12.5 Å². The van der Waals surface area contributed by atoms with Crippen LogP contribution in [0.2, 0.25) is 0 Å². The summed E-state index contributed by atoms with van der Waals surface area (Å²) in [5.41, 5.74) is 2.66. The molecule has 0 aliphatic rings. The summed E-state index contributed by atoms with van der Waals surface area (Å²) in [5.74, 6) is 0.918. The van der Waals surface area contributed by atoms with Crippen LogP contribution in [0.15, 0.2) is 48.5 Å². The first-order valence-corrected chi connectivity index (χ1v) is 7.90. The fraction of sp³-hybridized carbons (Fsp3) is 0.211. The van der Waals surface area contributed by atoms with Crippen molar-refractivity contribution in [3.63, 3.8) is 0 Å². The molecule has 0 radical (unpaired) electrons. The Morgan fingerprint density at radius 3 is 2.75 bits per heavy atom. The minimum Gasteiger partial charge on any atom is -0.467 e. The standard InChI is InChI=1S/C19H19N3O2/c1-3-17-21-16-10-5-4-9-15(16)19(22-17)24-12-18(23)20-14-8-6-7-13(2)11-14/h4-11H,3,12H2,1-2H3,(H,20,23). The molecule has 0 saturated carbocycles. The van der Waals surface area contributed by atoms with Crippen molar-refractivity contribution in [2.45, 2.75) is 20.3 Å². The molecule has 122 valence electrons. The number of anilines is 1. The van der Waals surface area contributed by atoms with Crippen LogP contribution in [-0.4, -0.2) is 22.5 Å². The zero-order valence-electron chi connectivity index (χ0n) is 13.7. The summed E-state index contributed by atoms with van der Waals surface area (Å²) in [6.07, 6.45) is 0.705. The van der Waals surface area contributed by atoms with Gasteiger partial charge < -0.3 is 10.1 Å². The molecule has 0 unspecified atom stereocenters. The van der Waals surface area contributed by atoms with Crippen LogP contribution in [0.25, 0.3) is 10.9 Å². The molecule has 2 aromatic carbocycles. The number of aryl methyl sites for hydroxylation is 2. The Morgan fingerprint density at radius 2 is 1.96 bits per heavy atom. The van der Waals surface area contributed by atoms with Gasteiger partial charge in [-0.3, -0.25) is 4.79 Å². The minimum absolute atomic E-state index is 0.0991. The van der Waals surface area contributed by atoms with Crippen molar-refractivity contribution in [1.29, 1.82) is 0 Å². The quantitative estimate of drug-likeness (QED) is 0.781. The van der Waals surface area contributed by atoms with Gasteiger partial charge in [0.2, 0.25) is 5.88 Å². The van der Waals surface area contributed by atoms with Gasteiger partial charge in [0.05, 0.1) is 10.9 Å². The molecule has 3 rings (SSSR count). The molecule has 1 N–H and O–H groups in total. The third-order valence-electron chi connectivity index (χ3n) is 3.57. The van der Waals surface area contributed by atoms with Gasteiger partial charge in [-0.15, -0.1) is 0 Å². The molecule has 3 aromatic rings. The van der Waals surface area contributed by atoms with Gasteiger partial charge in [-0.25, -0.2) is 4.98 Å². The normalized spacial score (nSPS) is 10.6. The highest BCUT2D eigenvalue weighted by Crippen LogP contribution is 2.22. The molecule has 1 amide bonds. The summed E-state index contributed by atoms with van der Waals surface area (Å²) in [4.78, 5) is 21.0. The molecule has 0 saturated heterocycles. The number of nitrogens with zero attached hydrogens (tertiary/aromatic N) is 2. The molecule has 5 nitrogen and oxygen atoms in total. The van der Waals surface area contributed by atoms with Gasteiger partial charge >= 0.3 is 0 Å². The van der Waals surface area contributed by atoms with Gasteiger partial charge in [0.15, 0.2) is 6.61 Å². The third-order valence-corrected chi connectivity index (χ3v) is 3.57. The van der Waals surface area contributed by atoms with Crippen LogP contribution in [0.1, 0.15) is 18.3 Å². The maximum Gasteiger partial charge on any atom is 0.262 e. The zero-order valence-corrected chi connectivity index (χ0v) is 13.7. The molecule has 0 spiro atoms. The van der Waals surface area contributed by atoms with E-state index in [1.165, 1.54) is 0 Å². The van der Waals surface area contributed by atoms with E-state index in [4.69, 9.17) is 4.74 Å². The highest BCUT2D eigenvalue weighted by atomic mass is 16.5. The average Bonchev–Trinajstić information content (AvgIpc) is 2.59. The number of carbonyl (C=O) groups is 1. The molecule has 1 aromatic heterocycles. The molecule has 0 aliphatic carbocycles. The predicted molar refractivity (Wildman–Crippen MR) is 94.2 cm³/mol. The molecular formula is C19H19N3O2. The fourth-order valence-corrected chi connectivity index (χ4v) is 2.42. The molecule has 0 aliphatic heterocycles. The van der Waals surface area contributed by atoms with E-state index in [0.29, 0.717) is 18.1 Å². The van der Waals surface area contributed by atoms with E-state index in [0.717, 1.165) is 22.2 Å². The van der Waals surface area contributed by atoms with E-state index < -0.39 is 0 Å². The van der Waals surface area contributed by atoms with E-state index in [1.54, 1.807) is 0 Å². The number of amides is 1. The maximum atomic E-state index is 12.1. The number of benzene rings is 2. The SMILES string of the molecule is CCc1nc(OCC(=O)Nc2cccc(C)c2)c2ccccc2n1. The van der Waals surface area contributed by atoms with Gasteiger partial charge in [-0.1, -0.05) is 31.2 Å². The highest BCUT2D eigenvalue weighted by Gasteiger charge is 2.10. The predicted octanol–water partition coefficient (Wildman–Crippen LogP) is 3.52. The number of rotatable bonds is 5. The van der Waals surface area contributed by atoms with Crippen molar-refractivity contribution in [3.8, 4) is 5.88 Å². The van der Waals surface area contributed by atoms with Crippen molar-refractivity contribution >= 4 is 22.5 Å². The first kappa shape index (κ1) is 15.9. The van der Waals surface area contributed by atoms with Crippen molar-refractivity contribution in [2.24, 2.45) is 0 Å². The van der Waals surface area contributed by atoms with E-state index in [2.05, 4.69) is 15.3 Å². The Hall–Kier alpha value is -2.95. The van der Waals surface area contributed by atoms with Gasteiger partial charge in [-0.05, 0) is 36.8 Å². The molecule has 0 bridgehead atoms. The molecular weight excluding hydrogens is 302 g/mol. The van der Waals surface area contributed by atoms with Gasteiger partial charge in [0.1, 0.15) is 5.82 Å². The number of aromatic nitrogens is 2. The number of fused-ring (bicyclic) bond motifs is 1. The number of para-hydroxylation sites is 1. The molecule has 0 atom stereocenters. The molecule has 5 heteroatoms. The van der Waals surface area contributed by atoms with Crippen LogP contribution in [0, 0.1) is 6.92 Å². The Bertz CT molecular complexity index is 877. The lowest BCUT2D eigenvalue weighted by Gasteiger charge is -2.10. The number of ether oxygens (including phenoxy) is 1. The van der Waals surface area contributed by atoms with Crippen molar-refractivity contribution in [3.05, 3.63) is 59.9 Å². The summed E-state index contributed by atoms with van der Waals surface area (Å²) in [6.45, 7) is 3.86. The number of hydrogen-bond donors (Lipinski definition) is 1. The Labute approximate surface area is 140 Å². The topological polar surface area (TPSA) is 64.1 Å². The first-order valence-electron chi connectivity index (χ1n) is 7.90. The van der Waals surface area contributed by atoms with Crippen molar-refractivity contribution < 1.29 is 9.53 Å². The lowest BCUT2D eigenvalue weighted by Crippen LogP contribution is -2.20. The van der Waals surface area contributed by atoms with Crippen LogP contribution in [0.3, 0.4) is 0 Å². The number of nitrogens with one attached hydrogen (secondary N) is 1. The van der Waals surface area contributed by atoms with Crippen LogP contribution >= 0.6 is 0 Å². The monoisotopic (exact) mass is 321 g/mol. The lowest BCUT2D eigenvalue weighted by atomic mass is 10.2. The lowest BCUT2D eigenvalue weighted by molar-refractivity contribution is -0.118. The molecule has 24 heavy (non-hydrogen) atoms. The van der Waals surface area contributed by atoms with Crippen molar-refractivity contribution in [2.75, 3.05) is 11.9 Å². The first-order chi connectivity index (χ1) is 11.7. The van der Waals surface area contributed by atoms with Crippen LogP contribution in [0.4, 0.5) is 5.69 Å².